The van der Waals surface area contributed by atoms with Crippen LogP contribution in [-0.2, 0) is 0 Å². The summed E-state index contributed by atoms with van der Waals surface area (Å²) < 4.78 is 74.0. The first-order valence-corrected chi connectivity index (χ1v) is 2.82. The molecule has 0 nitrogen and oxygen atoms in total. The van der Waals surface area contributed by atoms with E-state index in [2.05, 4.69) is 0 Å². The molecule has 0 bridgehead atoms. The van der Waals surface area contributed by atoms with E-state index in [0.29, 0.717) is 0 Å². The summed E-state index contributed by atoms with van der Waals surface area (Å²) in [4.78, 5) is 0. The number of hydrogen-bond donors (Lipinski definition) is 0. The Kier molecular flexibility index (Phi) is 0.111. The van der Waals surface area contributed by atoms with Gasteiger partial charge in [-0.25, -0.2) is 0 Å². The van der Waals surface area contributed by atoms with Crippen molar-refractivity contribution in [3.8, 4) is 0 Å². The normalized spacial score (nSPS) is 46.2. The van der Waals surface area contributed by atoms with Gasteiger partial charge in [-0.1, -0.05) is 0 Å². The molecule has 0 radical (unpaired) electrons. The highest BCUT2D eigenvalue weighted by molar-refractivity contribution is 6.69. The van der Waals surface area contributed by atoms with E-state index in [1.807, 2.05) is 0 Å². The van der Waals surface area contributed by atoms with E-state index >= 15 is 0 Å². The smallest absolute Gasteiger partial charge is 0.237 e. The third-order valence-corrected chi connectivity index (χ3v) is 0. The molecule has 0 unspecified atom stereocenters. The maximum atomic E-state index is 13.8. The molecule has 2 heteroatoms. The van der Waals surface area contributed by atoms with Gasteiger partial charge in [0.1, 0.15) is 0 Å². The minimum Gasteiger partial charge on any atom is -0.315 e. The Bertz CT molecular complexity index is 174. The van der Waals surface area contributed by atoms with Gasteiger partial charge in [0.15, 0.2) is 0 Å². The molecule has 0 spiro atoms. The molecule has 0 saturated carbocycles. The van der Waals surface area contributed by atoms with Gasteiger partial charge in [0, 0.05) is 12.3 Å². The Morgan fingerprint density at radius 2 is 2.00 bits per heavy atom. The van der Waals surface area contributed by atoms with Crippen LogP contribution in [0.2, 0.25) is 19.4 Å². The molecule has 0 aliphatic carbocycles. The van der Waals surface area contributed by atoms with Crippen molar-refractivity contribution in [2.24, 2.45) is 0 Å². The lowest BCUT2D eigenvalue weighted by atomic mass is 11.8. The summed E-state index contributed by atoms with van der Waals surface area (Å²) in [6.45, 7) is -10.7. The zero-order chi connectivity index (χ0) is 12.0. The average molecular weight is 101 g/mol. The molecule has 32 valence electrons. The summed E-state index contributed by atoms with van der Waals surface area (Å²) in [5, 5.41) is 0. The molecular formula is C3H9FSi. The third-order valence-electron chi connectivity index (χ3n) is 0. The largest absolute Gasteiger partial charge is 0.315 e. The Morgan fingerprint density at radius 1 is 1.60 bits per heavy atom. The van der Waals surface area contributed by atoms with E-state index in [1.54, 1.807) is 0 Å². The molecular weight excluding hydrogens is 83.1 g/mol. The first-order chi connectivity index (χ1) is 5.75. The maximum Gasteiger partial charge on any atom is 0.237 e. The predicted molar refractivity (Wildman–Crippen MR) is 24.5 cm³/mol. The SMILES string of the molecule is [2H]C([2H])([2H])[Si](F)(C([2H])([2H])[2H])C([2H])([2H])[2H]. The molecule has 0 atom stereocenters. The minimum atomic E-state index is -5.85. The number of rotatable bonds is 0. The lowest BCUT2D eigenvalue weighted by Crippen LogP contribution is -2.08. The van der Waals surface area contributed by atoms with Crippen LogP contribution in [0.15, 0.2) is 0 Å². The van der Waals surface area contributed by atoms with Crippen molar-refractivity contribution >= 4 is 8.41 Å². The van der Waals surface area contributed by atoms with E-state index in [0.717, 1.165) is 0 Å². The Morgan fingerprint density at radius 3 is 2.00 bits per heavy atom. The molecule has 0 fully saturated rings. The lowest BCUT2D eigenvalue weighted by molar-refractivity contribution is 0.811. The van der Waals surface area contributed by atoms with Crippen LogP contribution in [0.5, 0.6) is 0 Å². The Hall–Kier alpha value is 0.147. The molecule has 0 aromatic carbocycles. The van der Waals surface area contributed by atoms with Gasteiger partial charge in [-0.15, -0.1) is 0 Å². The van der Waals surface area contributed by atoms with E-state index < -0.39 is 27.8 Å². The molecule has 0 saturated heterocycles. The highest BCUT2D eigenvalue weighted by Gasteiger charge is 2.08. The third kappa shape index (κ3) is 886. The standard InChI is InChI=1S/C3H9FSi/c1-5(2,3)4/h1-3H3/i1D3,2D3,3D3. The summed E-state index contributed by atoms with van der Waals surface area (Å²) in [6.07, 6.45) is 0. The number of hydrogen-bond acceptors (Lipinski definition) is 0. The molecule has 0 aliphatic rings. The minimum absolute atomic E-state index is 3.58. The average Bonchev–Trinajstić information content (AvgIpc) is 1.77. The Balaban J connectivity index is 5.54. The molecule has 0 aromatic heterocycles. The molecule has 5 heavy (non-hydrogen) atoms. The molecule has 0 heterocycles. The van der Waals surface area contributed by atoms with Crippen molar-refractivity contribution in [3.63, 3.8) is 0 Å². The summed E-state index contributed by atoms with van der Waals surface area (Å²) in [5.41, 5.74) is 0. The lowest BCUT2D eigenvalue weighted by Gasteiger charge is -1.95. The first-order valence-electron chi connectivity index (χ1n) is 5.44. The van der Waals surface area contributed by atoms with Gasteiger partial charge in [0.25, 0.3) is 0 Å². The van der Waals surface area contributed by atoms with Gasteiger partial charge in [0.2, 0.25) is 8.41 Å². The van der Waals surface area contributed by atoms with Crippen molar-refractivity contribution in [1.29, 1.82) is 0 Å². The predicted octanol–water partition coefficient (Wildman–Crippen LogP) is 1.79. The van der Waals surface area contributed by atoms with Gasteiger partial charge >= 0.3 is 0 Å². The fourth-order valence-electron chi connectivity index (χ4n) is 0. The summed E-state index contributed by atoms with van der Waals surface area (Å²) in [5.74, 6) is 0. The zero-order valence-electron chi connectivity index (χ0n) is 11.4. The van der Waals surface area contributed by atoms with Crippen LogP contribution in [0.25, 0.3) is 0 Å². The Labute approximate surface area is 45.8 Å². The van der Waals surface area contributed by atoms with Crippen LogP contribution in [0.1, 0.15) is 12.3 Å². The number of halogens is 1. The van der Waals surface area contributed by atoms with Crippen molar-refractivity contribution < 1.29 is 16.4 Å². The quantitative estimate of drug-likeness (QED) is 0.322. The van der Waals surface area contributed by atoms with Gasteiger partial charge in [-0.05, 0) is 19.4 Å². The maximum absolute atomic E-state index is 13.8. The van der Waals surface area contributed by atoms with Crippen LogP contribution in [-0.4, -0.2) is 8.41 Å². The van der Waals surface area contributed by atoms with E-state index in [9.17, 15) is 4.11 Å². The molecule has 0 aromatic rings. The topological polar surface area (TPSA) is 0 Å². The van der Waals surface area contributed by atoms with Crippen molar-refractivity contribution in [3.05, 3.63) is 0 Å². The summed E-state index contributed by atoms with van der Waals surface area (Å²) in [7, 11) is -5.85. The van der Waals surface area contributed by atoms with E-state index in [1.165, 1.54) is 0 Å². The van der Waals surface area contributed by atoms with Gasteiger partial charge in [-0.2, -0.15) is 0 Å². The fourth-order valence-corrected chi connectivity index (χ4v) is 0. The van der Waals surface area contributed by atoms with Crippen LogP contribution in [0.4, 0.5) is 4.11 Å². The summed E-state index contributed by atoms with van der Waals surface area (Å²) >= 11 is 0. The van der Waals surface area contributed by atoms with Crippen molar-refractivity contribution in [2.45, 2.75) is 19.4 Å². The molecule has 0 rings (SSSR count). The van der Waals surface area contributed by atoms with Crippen molar-refractivity contribution in [1.82, 2.24) is 0 Å². The molecule has 0 amide bonds. The van der Waals surface area contributed by atoms with Crippen LogP contribution in [0, 0.1) is 0 Å². The van der Waals surface area contributed by atoms with E-state index in [4.69, 9.17) is 12.3 Å². The fraction of sp³-hybridized carbons (Fsp3) is 1.00. The summed E-state index contributed by atoms with van der Waals surface area (Å²) in [6, 6.07) is 0. The first kappa shape index (κ1) is 0.512. The highest BCUT2D eigenvalue weighted by Crippen LogP contribution is 1.97. The van der Waals surface area contributed by atoms with Gasteiger partial charge < -0.3 is 4.11 Å². The van der Waals surface area contributed by atoms with Crippen LogP contribution >= 0.6 is 0 Å². The monoisotopic (exact) mass is 101 g/mol. The molecule has 0 aliphatic heterocycles. The second-order valence-corrected chi connectivity index (χ2v) is 1.98. The molecule has 0 N–H and O–H groups in total. The van der Waals surface area contributed by atoms with Crippen LogP contribution < -0.4 is 0 Å². The van der Waals surface area contributed by atoms with Crippen LogP contribution in [0.3, 0.4) is 0 Å². The van der Waals surface area contributed by atoms with Crippen molar-refractivity contribution in [2.75, 3.05) is 0 Å². The highest BCUT2D eigenvalue weighted by atomic mass is 28.4. The van der Waals surface area contributed by atoms with Gasteiger partial charge in [-0.3, -0.25) is 0 Å². The van der Waals surface area contributed by atoms with E-state index in [-0.39, 0.29) is 0 Å². The van der Waals surface area contributed by atoms with Gasteiger partial charge in [0.05, 0.1) is 0 Å². The second kappa shape index (κ2) is 1.09. The second-order valence-electron chi connectivity index (χ2n) is 0.658. The zero-order valence-corrected chi connectivity index (χ0v) is 3.38.